The van der Waals surface area contributed by atoms with Gasteiger partial charge in [-0.1, -0.05) is 0 Å². The van der Waals surface area contributed by atoms with Crippen LogP contribution in [0.3, 0.4) is 0 Å². The molecule has 0 spiro atoms. The zero-order valence-corrected chi connectivity index (χ0v) is 7.31. The number of esters is 1. The predicted octanol–water partition coefficient (Wildman–Crippen LogP) is -3.83. The van der Waals surface area contributed by atoms with Gasteiger partial charge >= 0.3 is 5.97 Å². The molecule has 0 amide bonds. The molecule has 0 saturated carbocycles. The maximum atomic E-state index is 10.6. The van der Waals surface area contributed by atoms with Gasteiger partial charge in [0, 0.05) is 12.4 Å². The Hall–Kier alpha value is -1.63. The van der Waals surface area contributed by atoms with Crippen molar-refractivity contribution < 1.29 is 34.4 Å². The maximum Gasteiger partial charge on any atom is 0.308 e. The lowest BCUT2D eigenvalue weighted by Crippen LogP contribution is -2.52. The fraction of sp³-hybridized carbons (Fsp3) is 0.571. The molecule has 1 unspecified atom stereocenters. The van der Waals surface area contributed by atoms with Crippen molar-refractivity contribution in [3.05, 3.63) is 0 Å². The molecule has 0 bridgehead atoms. The molecule has 0 heterocycles. The number of hydrogen-bond donors (Lipinski definition) is 1. The van der Waals surface area contributed by atoms with Crippen LogP contribution in [0.15, 0.2) is 0 Å². The third-order valence-electron chi connectivity index (χ3n) is 1.48. The molecule has 0 aromatic heterocycles. The van der Waals surface area contributed by atoms with Crippen molar-refractivity contribution in [3.63, 3.8) is 0 Å². The fourth-order valence-corrected chi connectivity index (χ4v) is 0.757. The smallest absolute Gasteiger partial charge is 0.308 e. The molecule has 1 N–H and O–H groups in total. The molecule has 1 atom stereocenters. The molecule has 0 aliphatic carbocycles. The summed E-state index contributed by atoms with van der Waals surface area (Å²) in [5, 5.41) is 29.6. The SMILES string of the molecule is COC(=O)CC(O)(CC(=O)[O-])C(=O)[O-]. The zero-order chi connectivity index (χ0) is 11.4. The first-order chi connectivity index (χ1) is 6.31. The van der Waals surface area contributed by atoms with Crippen molar-refractivity contribution in [1.29, 1.82) is 0 Å². The summed E-state index contributed by atoms with van der Waals surface area (Å²) in [5.74, 6) is -4.93. The molecule has 0 radical (unpaired) electrons. The van der Waals surface area contributed by atoms with Gasteiger partial charge in [-0.2, -0.15) is 0 Å². The molecule has 7 nitrogen and oxygen atoms in total. The minimum absolute atomic E-state index is 0.969. The van der Waals surface area contributed by atoms with E-state index < -0.39 is 36.4 Å². The molecule has 0 fully saturated rings. The van der Waals surface area contributed by atoms with Crippen LogP contribution in [0.5, 0.6) is 0 Å². The number of hydrogen-bond acceptors (Lipinski definition) is 7. The molecule has 0 aromatic carbocycles. The van der Waals surface area contributed by atoms with Crippen molar-refractivity contribution in [2.24, 2.45) is 0 Å². The van der Waals surface area contributed by atoms with Gasteiger partial charge in [0.1, 0.15) is 5.60 Å². The Kier molecular flexibility index (Phi) is 4.03. The van der Waals surface area contributed by atoms with Gasteiger partial charge in [-0.15, -0.1) is 0 Å². The van der Waals surface area contributed by atoms with Gasteiger partial charge in [0.15, 0.2) is 0 Å². The van der Waals surface area contributed by atoms with E-state index in [0.29, 0.717) is 0 Å². The summed E-state index contributed by atoms with van der Waals surface area (Å²) in [6, 6.07) is 0. The van der Waals surface area contributed by atoms with Crippen LogP contribution in [-0.2, 0) is 19.1 Å². The summed E-state index contributed by atoms with van der Waals surface area (Å²) in [6.07, 6.45) is -2.23. The molecular formula is C7H8O7-2. The van der Waals surface area contributed by atoms with Crippen molar-refractivity contribution in [2.75, 3.05) is 7.11 Å². The highest BCUT2D eigenvalue weighted by Crippen LogP contribution is 2.14. The zero-order valence-electron chi connectivity index (χ0n) is 7.31. The van der Waals surface area contributed by atoms with E-state index in [2.05, 4.69) is 4.74 Å². The van der Waals surface area contributed by atoms with E-state index in [1.165, 1.54) is 0 Å². The monoisotopic (exact) mass is 204 g/mol. The summed E-state index contributed by atoms with van der Waals surface area (Å²) in [5.41, 5.74) is -2.79. The largest absolute Gasteiger partial charge is 0.550 e. The van der Waals surface area contributed by atoms with Crippen molar-refractivity contribution in [2.45, 2.75) is 18.4 Å². The van der Waals surface area contributed by atoms with Crippen molar-refractivity contribution in [1.82, 2.24) is 0 Å². The minimum Gasteiger partial charge on any atom is -0.550 e. The highest BCUT2D eigenvalue weighted by molar-refractivity contribution is 5.87. The molecule has 0 saturated heterocycles. The van der Waals surface area contributed by atoms with Gasteiger partial charge in [0.05, 0.1) is 19.5 Å². The molecule has 0 aliphatic heterocycles. The summed E-state index contributed by atoms with van der Waals surface area (Å²) in [4.78, 5) is 31.0. The molecule has 14 heavy (non-hydrogen) atoms. The average molecular weight is 204 g/mol. The Morgan fingerprint density at radius 3 is 2.07 bits per heavy atom. The number of aliphatic hydroxyl groups is 1. The van der Waals surface area contributed by atoms with Gasteiger partial charge in [0.2, 0.25) is 0 Å². The topological polar surface area (TPSA) is 127 Å². The minimum atomic E-state index is -2.79. The van der Waals surface area contributed by atoms with Gasteiger partial charge in [0.25, 0.3) is 0 Å². The second-order valence-electron chi connectivity index (χ2n) is 2.62. The number of carboxylic acids is 2. The van der Waals surface area contributed by atoms with Crippen LogP contribution in [0.4, 0.5) is 0 Å². The first kappa shape index (κ1) is 12.4. The quantitative estimate of drug-likeness (QED) is 0.454. The molecule has 7 heteroatoms. The summed E-state index contributed by atoms with van der Waals surface area (Å²) in [7, 11) is 0.969. The van der Waals surface area contributed by atoms with E-state index in [9.17, 15) is 29.7 Å². The second kappa shape index (κ2) is 4.56. The van der Waals surface area contributed by atoms with E-state index in [1.807, 2.05) is 0 Å². The van der Waals surface area contributed by atoms with E-state index in [-0.39, 0.29) is 0 Å². The van der Waals surface area contributed by atoms with Crippen LogP contribution in [0.1, 0.15) is 12.8 Å². The molecule has 0 rings (SSSR count). The number of aliphatic carboxylic acids is 2. The van der Waals surface area contributed by atoms with Gasteiger partial charge in [-0.05, 0) is 0 Å². The van der Waals surface area contributed by atoms with Gasteiger partial charge < -0.3 is 29.6 Å². The highest BCUT2D eigenvalue weighted by atomic mass is 16.5. The van der Waals surface area contributed by atoms with Crippen LogP contribution in [-0.4, -0.2) is 35.7 Å². The number of ether oxygens (including phenoxy) is 1. The summed E-state index contributed by atoms with van der Waals surface area (Å²) < 4.78 is 4.07. The first-order valence-corrected chi connectivity index (χ1v) is 3.52. The third kappa shape index (κ3) is 3.40. The molecule has 0 aliphatic rings. The van der Waals surface area contributed by atoms with E-state index in [0.717, 1.165) is 7.11 Å². The third-order valence-corrected chi connectivity index (χ3v) is 1.48. The van der Waals surface area contributed by atoms with E-state index in [1.54, 1.807) is 0 Å². The predicted molar refractivity (Wildman–Crippen MR) is 36.2 cm³/mol. The van der Waals surface area contributed by atoms with Crippen LogP contribution < -0.4 is 10.2 Å². The van der Waals surface area contributed by atoms with Crippen LogP contribution in [0.2, 0.25) is 0 Å². The first-order valence-electron chi connectivity index (χ1n) is 3.52. The maximum absolute atomic E-state index is 10.6. The van der Waals surface area contributed by atoms with Crippen LogP contribution in [0.25, 0.3) is 0 Å². The van der Waals surface area contributed by atoms with Crippen molar-refractivity contribution >= 4 is 17.9 Å². The number of methoxy groups -OCH3 is 1. The normalized spacial score (nSPS) is 14.1. The van der Waals surface area contributed by atoms with Crippen molar-refractivity contribution in [3.8, 4) is 0 Å². The molecular weight excluding hydrogens is 196 g/mol. The Morgan fingerprint density at radius 1 is 1.29 bits per heavy atom. The van der Waals surface area contributed by atoms with Gasteiger partial charge in [-0.25, -0.2) is 0 Å². The van der Waals surface area contributed by atoms with Crippen LogP contribution in [0, 0.1) is 0 Å². The van der Waals surface area contributed by atoms with Crippen LogP contribution >= 0.6 is 0 Å². The summed E-state index contributed by atoms with van der Waals surface area (Å²) >= 11 is 0. The Balaban J connectivity index is 4.63. The highest BCUT2D eigenvalue weighted by Gasteiger charge is 2.32. The average Bonchev–Trinajstić information content (AvgIpc) is 2.02. The molecule has 80 valence electrons. The molecule has 0 aromatic rings. The Morgan fingerprint density at radius 2 is 1.79 bits per heavy atom. The van der Waals surface area contributed by atoms with E-state index >= 15 is 0 Å². The standard InChI is InChI=1S/C7H10O7/c1-14-5(10)3-7(13,6(11)12)2-4(8)9/h13H,2-3H2,1H3,(H,8,9)(H,11,12)/p-2. The summed E-state index contributed by atoms with van der Waals surface area (Å²) in [6.45, 7) is 0. The van der Waals surface area contributed by atoms with Gasteiger partial charge in [-0.3, -0.25) is 4.79 Å². The number of carbonyl (C=O) groups excluding carboxylic acids is 3. The fourth-order valence-electron chi connectivity index (χ4n) is 0.757. The number of carboxylic acid groups (broad SMARTS) is 2. The number of carbonyl (C=O) groups is 3. The lowest BCUT2D eigenvalue weighted by molar-refractivity contribution is -0.333. The number of rotatable bonds is 5. The lowest BCUT2D eigenvalue weighted by atomic mass is 9.96. The second-order valence-corrected chi connectivity index (χ2v) is 2.62. The Bertz CT molecular complexity index is 259. The Labute approximate surface area is 78.9 Å². The lowest BCUT2D eigenvalue weighted by Gasteiger charge is -2.28. The van der Waals surface area contributed by atoms with E-state index in [4.69, 9.17) is 0 Å².